The van der Waals surface area contributed by atoms with E-state index in [1.165, 1.54) is 0 Å². The Morgan fingerprint density at radius 3 is 1.98 bits per heavy atom. The normalized spacial score (nSPS) is 18.6. The predicted octanol–water partition coefficient (Wildman–Crippen LogP) is 7.42. The molecule has 1 aliphatic heterocycles. The van der Waals surface area contributed by atoms with Crippen LogP contribution in [0.15, 0.2) is 60.7 Å². The van der Waals surface area contributed by atoms with E-state index in [0.29, 0.717) is 26.2 Å². The molecule has 2 amide bonds. The summed E-state index contributed by atoms with van der Waals surface area (Å²) in [6.45, 7) is 15.5. The average Bonchev–Trinajstić information content (AvgIpc) is 3.70. The number of hydrogen-bond acceptors (Lipinski definition) is 8. The molecule has 2 aromatic rings. The minimum absolute atomic E-state index is 0.0205. The highest BCUT2D eigenvalue weighted by atomic mass is 16.5. The SMILES string of the molecule is CC[C@H](C)[C@@H]([C@@H](CC(=O)N1CCC[C@H]1[C@H](OC)[C@@H](C)C(=O)C[C@H](COCc1ccccc1)Cc1ccccc1)OC)N(C)C(=O)[C@@H](CC(=O)[C@@H](NC)C(C)C)C(C)C. The van der Waals surface area contributed by atoms with Gasteiger partial charge in [-0.15, -0.1) is 0 Å². The van der Waals surface area contributed by atoms with E-state index in [0.717, 1.165) is 36.8 Å². The van der Waals surface area contributed by atoms with Gasteiger partial charge in [0.15, 0.2) is 5.78 Å². The van der Waals surface area contributed by atoms with Gasteiger partial charge in [-0.1, -0.05) is 116 Å². The number of carbonyl (C=O) groups excluding carboxylic acids is 4. The lowest BCUT2D eigenvalue weighted by Crippen LogP contribution is -2.54. The molecule has 1 N–H and O–H groups in total. The molecular formula is C48H75N3O7. The standard InChI is InChI=1S/C48H75N3O7/c1-12-34(6)46(50(9)48(55)39(32(2)3)28-42(53)45(49-8)33(4)5)43(56-10)29-44(54)51-25-19-24-40(51)47(57-11)35(7)41(52)27-38(26-36-20-15-13-16-21-36)31-58-30-37-22-17-14-18-23-37/h13-18,20-23,32-35,38-40,43,45-47,49H,12,19,24-31H2,1-11H3/t34-,35-,38+,39-,40-,43+,45-,46-,47+/m0/s1. The number of ketones is 2. The first kappa shape index (κ1) is 48.9. The highest BCUT2D eigenvalue weighted by Crippen LogP contribution is 2.32. The summed E-state index contributed by atoms with van der Waals surface area (Å²) in [4.78, 5) is 59.7. The maximum absolute atomic E-state index is 14.4. The third kappa shape index (κ3) is 13.8. The lowest BCUT2D eigenvalue weighted by molar-refractivity contribution is -0.149. The molecule has 0 bridgehead atoms. The van der Waals surface area contributed by atoms with Crippen molar-refractivity contribution in [3.05, 3.63) is 71.8 Å². The molecule has 2 aromatic carbocycles. The van der Waals surface area contributed by atoms with E-state index < -0.39 is 30.1 Å². The van der Waals surface area contributed by atoms with Gasteiger partial charge in [0.05, 0.1) is 50.0 Å². The number of Topliss-reactive ketones (excluding diaryl/α,β-unsaturated/α-hetero) is 2. The average molecular weight is 806 g/mol. The topological polar surface area (TPSA) is 114 Å². The van der Waals surface area contributed by atoms with Gasteiger partial charge in [0.25, 0.3) is 0 Å². The lowest BCUT2D eigenvalue weighted by atomic mass is 9.84. The van der Waals surface area contributed by atoms with Crippen molar-refractivity contribution in [2.24, 2.45) is 35.5 Å². The molecule has 58 heavy (non-hydrogen) atoms. The number of ether oxygens (including phenoxy) is 3. The second-order valence-corrected chi connectivity index (χ2v) is 17.3. The number of nitrogens with one attached hydrogen (secondary N) is 1. The number of benzene rings is 2. The second kappa shape index (κ2) is 24.6. The Morgan fingerprint density at radius 2 is 1.45 bits per heavy atom. The number of methoxy groups -OCH3 is 2. The molecule has 0 spiro atoms. The Hall–Kier alpha value is -3.44. The molecule has 0 saturated carbocycles. The highest BCUT2D eigenvalue weighted by molar-refractivity contribution is 5.90. The van der Waals surface area contributed by atoms with Gasteiger partial charge in [0, 0.05) is 52.5 Å². The number of amides is 2. The molecule has 0 aromatic heterocycles. The number of likely N-dealkylation sites (N-methyl/N-ethyl adjacent to an activating group) is 2. The maximum atomic E-state index is 14.4. The quantitative estimate of drug-likeness (QED) is 0.105. The summed E-state index contributed by atoms with van der Waals surface area (Å²) in [5.41, 5.74) is 2.25. The first-order valence-electron chi connectivity index (χ1n) is 21.7. The van der Waals surface area contributed by atoms with Crippen LogP contribution in [0.2, 0.25) is 0 Å². The fourth-order valence-corrected chi connectivity index (χ4v) is 8.95. The van der Waals surface area contributed by atoms with Crippen molar-refractivity contribution >= 4 is 23.4 Å². The first-order valence-corrected chi connectivity index (χ1v) is 21.7. The van der Waals surface area contributed by atoms with Gasteiger partial charge in [-0.3, -0.25) is 19.2 Å². The minimum Gasteiger partial charge on any atom is -0.379 e. The minimum atomic E-state index is -0.573. The Balaban J connectivity index is 1.76. The van der Waals surface area contributed by atoms with Gasteiger partial charge < -0.3 is 29.3 Å². The summed E-state index contributed by atoms with van der Waals surface area (Å²) in [5.74, 6) is -0.962. The fourth-order valence-electron chi connectivity index (χ4n) is 8.95. The molecule has 0 unspecified atom stereocenters. The van der Waals surface area contributed by atoms with Gasteiger partial charge in [0.2, 0.25) is 11.8 Å². The zero-order chi connectivity index (χ0) is 42.9. The Bertz CT molecular complexity index is 1540. The van der Waals surface area contributed by atoms with Crippen LogP contribution in [0, 0.1) is 35.5 Å². The molecule has 10 heteroatoms. The maximum Gasteiger partial charge on any atom is 0.226 e. The number of likely N-dealkylation sites (tertiary alicyclic amines) is 1. The zero-order valence-electron chi connectivity index (χ0n) is 37.4. The summed E-state index contributed by atoms with van der Waals surface area (Å²) in [7, 11) is 6.81. The van der Waals surface area contributed by atoms with Crippen molar-refractivity contribution in [2.45, 2.75) is 130 Å². The van der Waals surface area contributed by atoms with E-state index in [9.17, 15) is 19.2 Å². The van der Waals surface area contributed by atoms with Crippen LogP contribution < -0.4 is 5.32 Å². The molecule has 1 fully saturated rings. The van der Waals surface area contributed by atoms with Gasteiger partial charge >= 0.3 is 0 Å². The highest BCUT2D eigenvalue weighted by Gasteiger charge is 2.43. The van der Waals surface area contributed by atoms with Crippen LogP contribution in [0.3, 0.4) is 0 Å². The molecule has 324 valence electrons. The Morgan fingerprint density at radius 1 is 0.828 bits per heavy atom. The molecule has 0 radical (unpaired) electrons. The number of rotatable bonds is 26. The van der Waals surface area contributed by atoms with Gasteiger partial charge in [-0.25, -0.2) is 0 Å². The largest absolute Gasteiger partial charge is 0.379 e. The molecule has 10 nitrogen and oxygen atoms in total. The van der Waals surface area contributed by atoms with Crippen molar-refractivity contribution < 1.29 is 33.4 Å². The van der Waals surface area contributed by atoms with Crippen LogP contribution in [-0.4, -0.2) is 105 Å². The van der Waals surface area contributed by atoms with E-state index in [4.69, 9.17) is 14.2 Å². The van der Waals surface area contributed by atoms with E-state index in [1.807, 2.05) is 88.0 Å². The van der Waals surface area contributed by atoms with E-state index in [1.54, 1.807) is 33.2 Å². The molecule has 1 aliphatic rings. The van der Waals surface area contributed by atoms with Crippen molar-refractivity contribution in [2.75, 3.05) is 41.5 Å². The van der Waals surface area contributed by atoms with Crippen LogP contribution in [0.25, 0.3) is 0 Å². The van der Waals surface area contributed by atoms with Crippen molar-refractivity contribution in [3.63, 3.8) is 0 Å². The Labute approximate surface area is 350 Å². The van der Waals surface area contributed by atoms with Crippen molar-refractivity contribution in [3.8, 4) is 0 Å². The second-order valence-electron chi connectivity index (χ2n) is 17.3. The molecule has 1 heterocycles. The molecular weight excluding hydrogens is 731 g/mol. The zero-order valence-corrected chi connectivity index (χ0v) is 37.4. The lowest BCUT2D eigenvalue weighted by Gasteiger charge is -2.41. The van der Waals surface area contributed by atoms with Gasteiger partial charge in [-0.05, 0) is 61.1 Å². The summed E-state index contributed by atoms with van der Waals surface area (Å²) < 4.78 is 18.4. The monoisotopic (exact) mass is 806 g/mol. The van der Waals surface area contributed by atoms with E-state index >= 15 is 0 Å². The Kier molecular flexibility index (Phi) is 20.7. The van der Waals surface area contributed by atoms with E-state index in [-0.39, 0.29) is 72.0 Å². The third-order valence-electron chi connectivity index (χ3n) is 12.5. The number of nitrogens with zero attached hydrogens (tertiary/aromatic N) is 2. The first-order chi connectivity index (χ1) is 27.7. The third-order valence-corrected chi connectivity index (χ3v) is 12.5. The van der Waals surface area contributed by atoms with Crippen LogP contribution in [-0.2, 0) is 46.4 Å². The van der Waals surface area contributed by atoms with Crippen molar-refractivity contribution in [1.82, 2.24) is 15.1 Å². The molecule has 0 aliphatic carbocycles. The summed E-state index contributed by atoms with van der Waals surface area (Å²) in [6.07, 6.45) is 2.54. The summed E-state index contributed by atoms with van der Waals surface area (Å²) >= 11 is 0. The van der Waals surface area contributed by atoms with Crippen LogP contribution >= 0.6 is 0 Å². The molecule has 9 atom stereocenters. The fraction of sp³-hybridized carbons (Fsp3) is 0.667. The van der Waals surface area contributed by atoms with Gasteiger partial charge in [-0.2, -0.15) is 0 Å². The number of hydrogen-bond donors (Lipinski definition) is 1. The summed E-state index contributed by atoms with van der Waals surface area (Å²) in [5, 5.41) is 3.13. The smallest absolute Gasteiger partial charge is 0.226 e. The van der Waals surface area contributed by atoms with Crippen LogP contribution in [0.4, 0.5) is 0 Å². The van der Waals surface area contributed by atoms with E-state index in [2.05, 4.69) is 31.3 Å². The summed E-state index contributed by atoms with van der Waals surface area (Å²) in [6, 6.07) is 19.3. The van der Waals surface area contributed by atoms with Crippen LogP contribution in [0.1, 0.15) is 98.1 Å². The predicted molar refractivity (Wildman–Crippen MR) is 231 cm³/mol. The van der Waals surface area contributed by atoms with Crippen LogP contribution in [0.5, 0.6) is 0 Å². The van der Waals surface area contributed by atoms with Crippen molar-refractivity contribution in [1.29, 1.82) is 0 Å². The van der Waals surface area contributed by atoms with Gasteiger partial charge in [0.1, 0.15) is 5.78 Å². The molecule has 3 rings (SSSR count). The number of carbonyl (C=O) groups is 4. The molecule has 1 saturated heterocycles.